The lowest BCUT2D eigenvalue weighted by Gasteiger charge is -2.16. The lowest BCUT2D eigenvalue weighted by atomic mass is 10.0. The number of halogens is 1. The van der Waals surface area contributed by atoms with Crippen LogP contribution in [-0.4, -0.2) is 22.7 Å². The van der Waals surface area contributed by atoms with Crippen molar-refractivity contribution in [3.63, 3.8) is 0 Å². The van der Waals surface area contributed by atoms with E-state index < -0.39 is 0 Å². The van der Waals surface area contributed by atoms with Gasteiger partial charge in [0, 0.05) is 30.2 Å². The molecule has 2 aliphatic rings. The molecule has 2 amide bonds. The van der Waals surface area contributed by atoms with Crippen molar-refractivity contribution in [3.8, 4) is 22.6 Å². The summed E-state index contributed by atoms with van der Waals surface area (Å²) in [5, 5.41) is 3.55. The third kappa shape index (κ3) is 3.06. The first-order valence-electron chi connectivity index (χ1n) is 9.98. The Hall–Kier alpha value is -4.00. The van der Waals surface area contributed by atoms with Gasteiger partial charge in [-0.25, -0.2) is 9.18 Å². The summed E-state index contributed by atoms with van der Waals surface area (Å²) in [6.07, 6.45) is 1.68. The molecule has 154 valence electrons. The fraction of sp³-hybridized carbons (Fsp3) is 0.125. The number of benzene rings is 3. The number of nitrogens with zero attached hydrogens (tertiary/aromatic N) is 1. The molecule has 0 aliphatic carbocycles. The highest BCUT2D eigenvalue weighted by Gasteiger charge is 2.25. The summed E-state index contributed by atoms with van der Waals surface area (Å²) in [4.78, 5) is 17.7. The zero-order chi connectivity index (χ0) is 20.9. The molecule has 31 heavy (non-hydrogen) atoms. The Kier molecular flexibility index (Phi) is 3.89. The van der Waals surface area contributed by atoms with E-state index in [1.165, 1.54) is 12.1 Å². The molecule has 0 radical (unpaired) electrons. The summed E-state index contributed by atoms with van der Waals surface area (Å²) in [6, 6.07) is 16.4. The van der Waals surface area contributed by atoms with E-state index in [2.05, 4.69) is 28.5 Å². The number of ether oxygens (including phenoxy) is 2. The number of anilines is 1. The number of aromatic nitrogens is 1. The van der Waals surface area contributed by atoms with E-state index in [1.807, 2.05) is 18.2 Å². The van der Waals surface area contributed by atoms with Gasteiger partial charge in [0.1, 0.15) is 5.82 Å². The summed E-state index contributed by atoms with van der Waals surface area (Å²) in [5.41, 5.74) is 5.66. The molecule has 0 saturated carbocycles. The topological polar surface area (TPSA) is 66.6 Å². The Balaban J connectivity index is 1.22. The molecular weight excluding hydrogens is 397 g/mol. The summed E-state index contributed by atoms with van der Waals surface area (Å²) in [6.45, 7) is 1.28. The quantitative estimate of drug-likeness (QED) is 0.470. The maximum Gasteiger partial charge on any atom is 0.322 e. The molecule has 0 saturated heterocycles. The number of nitrogens with one attached hydrogen (secondary N) is 2. The molecule has 2 aliphatic heterocycles. The van der Waals surface area contributed by atoms with E-state index in [1.54, 1.807) is 17.2 Å². The van der Waals surface area contributed by atoms with Crippen molar-refractivity contribution >= 4 is 22.6 Å². The number of hydrogen-bond acceptors (Lipinski definition) is 3. The molecule has 0 atom stereocenters. The number of hydrogen-bond donors (Lipinski definition) is 2. The lowest BCUT2D eigenvalue weighted by Crippen LogP contribution is -2.30. The Morgan fingerprint density at radius 1 is 0.935 bits per heavy atom. The van der Waals surface area contributed by atoms with Crippen LogP contribution in [0.15, 0.2) is 60.8 Å². The van der Waals surface area contributed by atoms with Crippen molar-refractivity contribution in [2.45, 2.75) is 13.1 Å². The molecule has 3 heterocycles. The second-order valence-electron chi connectivity index (χ2n) is 7.73. The van der Waals surface area contributed by atoms with Crippen LogP contribution in [0.25, 0.3) is 22.0 Å². The first-order chi connectivity index (χ1) is 15.1. The third-order valence-electron chi connectivity index (χ3n) is 5.81. The number of carbonyl (C=O) groups excluding carboxylic acids is 1. The maximum atomic E-state index is 13.6. The fourth-order valence-electron chi connectivity index (χ4n) is 4.18. The van der Waals surface area contributed by atoms with Crippen molar-refractivity contribution in [3.05, 3.63) is 77.7 Å². The Labute approximate surface area is 177 Å². The monoisotopic (exact) mass is 415 g/mol. The van der Waals surface area contributed by atoms with E-state index in [-0.39, 0.29) is 18.6 Å². The van der Waals surface area contributed by atoms with Gasteiger partial charge in [0.15, 0.2) is 11.5 Å². The maximum absolute atomic E-state index is 13.6. The van der Waals surface area contributed by atoms with Gasteiger partial charge in [0.25, 0.3) is 0 Å². The van der Waals surface area contributed by atoms with Gasteiger partial charge in [-0.2, -0.15) is 0 Å². The van der Waals surface area contributed by atoms with Gasteiger partial charge in [0.05, 0.1) is 5.69 Å². The summed E-state index contributed by atoms with van der Waals surface area (Å²) < 4.78 is 24.5. The Morgan fingerprint density at radius 3 is 2.68 bits per heavy atom. The second kappa shape index (κ2) is 6.77. The highest BCUT2D eigenvalue weighted by Crippen LogP contribution is 2.37. The minimum Gasteiger partial charge on any atom is -0.454 e. The third-order valence-corrected chi connectivity index (χ3v) is 5.81. The predicted molar refractivity (Wildman–Crippen MR) is 115 cm³/mol. The molecular formula is C24H18FN3O3. The van der Waals surface area contributed by atoms with Crippen LogP contribution in [-0.2, 0) is 13.1 Å². The van der Waals surface area contributed by atoms with Crippen molar-refractivity contribution in [2.24, 2.45) is 0 Å². The highest BCUT2D eigenvalue weighted by molar-refractivity contribution is 6.01. The van der Waals surface area contributed by atoms with Crippen LogP contribution in [0, 0.1) is 5.82 Å². The fourth-order valence-corrected chi connectivity index (χ4v) is 4.18. The van der Waals surface area contributed by atoms with Gasteiger partial charge in [-0.1, -0.05) is 18.2 Å². The number of amides is 2. The standard InChI is InChI=1S/C24H18FN3O3/c25-18-4-5-20-19(9-18)21(10-26-20)27-24(29)28-11-16-2-1-14(7-17(16)12-28)15-3-6-22-23(8-15)31-13-30-22/h1-10,26H,11-13H2,(H,27,29). The van der Waals surface area contributed by atoms with Gasteiger partial charge < -0.3 is 24.7 Å². The van der Waals surface area contributed by atoms with E-state index in [0.29, 0.717) is 24.2 Å². The number of H-pyrrole nitrogens is 1. The normalized spacial score (nSPS) is 14.2. The highest BCUT2D eigenvalue weighted by atomic mass is 19.1. The van der Waals surface area contributed by atoms with Gasteiger partial charge in [-0.3, -0.25) is 0 Å². The molecule has 1 aromatic heterocycles. The van der Waals surface area contributed by atoms with Crippen LogP contribution < -0.4 is 14.8 Å². The van der Waals surface area contributed by atoms with Crippen molar-refractivity contribution in [2.75, 3.05) is 12.1 Å². The van der Waals surface area contributed by atoms with Gasteiger partial charge in [-0.05, 0) is 58.7 Å². The zero-order valence-corrected chi connectivity index (χ0v) is 16.4. The SMILES string of the molecule is O=C(Nc1c[nH]c2ccc(F)cc12)N1Cc2ccc(-c3ccc4c(c3)OCO4)cc2C1. The van der Waals surface area contributed by atoms with Crippen molar-refractivity contribution < 1.29 is 18.7 Å². The summed E-state index contributed by atoms with van der Waals surface area (Å²) >= 11 is 0. The van der Waals surface area contributed by atoms with Gasteiger partial charge >= 0.3 is 6.03 Å². The molecule has 0 unspecified atom stereocenters. The van der Waals surface area contributed by atoms with E-state index in [9.17, 15) is 9.18 Å². The molecule has 0 fully saturated rings. The zero-order valence-electron chi connectivity index (χ0n) is 16.4. The second-order valence-corrected chi connectivity index (χ2v) is 7.73. The first-order valence-corrected chi connectivity index (χ1v) is 9.98. The average molecular weight is 415 g/mol. The minimum absolute atomic E-state index is 0.217. The van der Waals surface area contributed by atoms with E-state index in [4.69, 9.17) is 9.47 Å². The molecule has 6 nitrogen and oxygen atoms in total. The van der Waals surface area contributed by atoms with E-state index >= 15 is 0 Å². The first kappa shape index (κ1) is 17.8. The number of carbonyl (C=O) groups is 1. The summed E-state index contributed by atoms with van der Waals surface area (Å²) in [5.74, 6) is 1.16. The number of fused-ring (bicyclic) bond motifs is 3. The van der Waals surface area contributed by atoms with Crippen molar-refractivity contribution in [1.29, 1.82) is 0 Å². The molecule has 0 bridgehead atoms. The predicted octanol–water partition coefficient (Wildman–Crippen LogP) is 5.25. The van der Waals surface area contributed by atoms with Crippen molar-refractivity contribution in [1.82, 2.24) is 9.88 Å². The molecule has 2 N–H and O–H groups in total. The van der Waals surface area contributed by atoms with Crippen LogP contribution in [0.5, 0.6) is 11.5 Å². The summed E-state index contributed by atoms with van der Waals surface area (Å²) in [7, 11) is 0. The van der Waals surface area contributed by atoms with Gasteiger partial charge in [0.2, 0.25) is 6.79 Å². The van der Waals surface area contributed by atoms with Crippen LogP contribution in [0.4, 0.5) is 14.9 Å². The number of urea groups is 1. The van der Waals surface area contributed by atoms with Crippen LogP contribution in [0.2, 0.25) is 0 Å². The molecule has 3 aromatic carbocycles. The molecule has 7 heteroatoms. The number of aromatic amines is 1. The minimum atomic E-state index is -0.341. The molecule has 0 spiro atoms. The van der Waals surface area contributed by atoms with Crippen LogP contribution >= 0.6 is 0 Å². The van der Waals surface area contributed by atoms with E-state index in [0.717, 1.165) is 39.3 Å². The van der Waals surface area contributed by atoms with Crippen LogP contribution in [0.3, 0.4) is 0 Å². The molecule has 4 aromatic rings. The average Bonchev–Trinajstić information content (AvgIpc) is 3.50. The number of rotatable bonds is 2. The van der Waals surface area contributed by atoms with Gasteiger partial charge in [-0.15, -0.1) is 0 Å². The molecule has 6 rings (SSSR count). The van der Waals surface area contributed by atoms with Crippen LogP contribution in [0.1, 0.15) is 11.1 Å². The Morgan fingerprint density at radius 2 is 1.74 bits per heavy atom. The lowest BCUT2D eigenvalue weighted by molar-refractivity contribution is 0.174. The Bertz CT molecular complexity index is 1350. The smallest absolute Gasteiger partial charge is 0.322 e. The largest absolute Gasteiger partial charge is 0.454 e.